The molecule has 10 aromatic rings. The minimum atomic E-state index is -1.93. The highest BCUT2D eigenvalue weighted by Gasteiger charge is 2.43. The van der Waals surface area contributed by atoms with Gasteiger partial charge in [0.1, 0.15) is 11.2 Å². The van der Waals surface area contributed by atoms with Crippen molar-refractivity contribution in [3.63, 3.8) is 0 Å². The maximum Gasteiger partial charge on any atom is 0.137 e. The van der Waals surface area contributed by atoms with E-state index in [1.54, 1.807) is 0 Å². The first-order valence-electron chi connectivity index (χ1n) is 19.7. The van der Waals surface area contributed by atoms with E-state index in [9.17, 15) is 0 Å². The second-order valence-electron chi connectivity index (χ2n) is 14.6. The average Bonchev–Trinajstić information content (AvgIpc) is 3.81. The van der Waals surface area contributed by atoms with E-state index in [0.29, 0.717) is 0 Å². The summed E-state index contributed by atoms with van der Waals surface area (Å²) >= 11 is 0. The van der Waals surface area contributed by atoms with Gasteiger partial charge in [-0.2, -0.15) is 0 Å². The van der Waals surface area contributed by atoms with Crippen LogP contribution in [-0.2, 0) is 0 Å². The van der Waals surface area contributed by atoms with E-state index >= 15 is 0 Å². The monoisotopic (exact) mass is 762 g/mol. The second-order valence-corrected chi connectivity index (χ2v) is 17.6. The second kappa shape index (κ2) is 14.0. The van der Waals surface area contributed by atoms with Crippen molar-refractivity contribution in [1.82, 2.24) is 0 Å². The summed E-state index contributed by atoms with van der Waals surface area (Å²) in [5.74, 6) is 0. The van der Waals surface area contributed by atoms with Crippen LogP contribution in [0, 0.1) is 0 Å². The number of para-hydroxylation sites is 4. The topological polar surface area (TPSA) is 19.6 Å². The Morgan fingerprint density at radius 3 is 1.34 bits per heavy atom. The zero-order chi connectivity index (χ0) is 38.5. The van der Waals surface area contributed by atoms with Gasteiger partial charge in [0, 0.05) is 70.5 Å². The van der Waals surface area contributed by atoms with Crippen molar-refractivity contribution in [2.75, 3.05) is 9.80 Å². The number of nitrogens with zero attached hydrogens (tertiary/aromatic N) is 2. The van der Waals surface area contributed by atoms with E-state index in [1.165, 1.54) is 30.7 Å². The van der Waals surface area contributed by atoms with Crippen molar-refractivity contribution in [1.29, 1.82) is 0 Å². The Hall–Kier alpha value is -7.27. The summed E-state index contributed by atoms with van der Waals surface area (Å²) in [6.07, 6.45) is 0. The maximum absolute atomic E-state index is 6.43. The first-order valence-corrected chi connectivity index (χ1v) is 21.3. The minimum Gasteiger partial charge on any atom is -0.456 e. The minimum absolute atomic E-state index is 0.872. The Kier molecular flexibility index (Phi) is 8.23. The molecule has 0 spiro atoms. The van der Waals surface area contributed by atoms with Gasteiger partial charge in [0.25, 0.3) is 0 Å². The summed E-state index contributed by atoms with van der Waals surface area (Å²) in [6, 6.07) is 83.5. The number of anilines is 6. The molecule has 9 aromatic carbocycles. The fourth-order valence-electron chi connectivity index (χ4n) is 8.75. The molecule has 0 N–H and O–H groups in total. The molecule has 276 valence electrons. The van der Waals surface area contributed by atoms with Crippen LogP contribution in [0.25, 0.3) is 33.1 Å². The zero-order valence-corrected chi connectivity index (χ0v) is 32.5. The Labute approximate surface area is 340 Å². The third kappa shape index (κ3) is 5.45. The van der Waals surface area contributed by atoms with Crippen LogP contribution in [0.15, 0.2) is 255 Å². The van der Waals surface area contributed by atoms with Crippen LogP contribution in [0.3, 0.4) is 0 Å². The molecular formula is C54H38N2OS. The van der Waals surface area contributed by atoms with Crippen LogP contribution < -0.4 is 9.80 Å². The molecule has 0 saturated heterocycles. The highest BCUT2D eigenvalue weighted by molar-refractivity contribution is 8.34. The predicted octanol–water partition coefficient (Wildman–Crippen LogP) is 15.8. The van der Waals surface area contributed by atoms with Crippen LogP contribution in [0.2, 0.25) is 0 Å². The summed E-state index contributed by atoms with van der Waals surface area (Å²) in [5.41, 5.74) is 10.8. The molecule has 4 heteroatoms. The van der Waals surface area contributed by atoms with Crippen LogP contribution in [-0.4, -0.2) is 0 Å². The highest BCUT2D eigenvalue weighted by Crippen LogP contribution is 2.80. The Morgan fingerprint density at radius 2 is 0.741 bits per heavy atom. The van der Waals surface area contributed by atoms with Crippen molar-refractivity contribution in [2.45, 2.75) is 19.6 Å². The SMILES string of the molecule is c1ccc(N(c2ccccc2)c2ccc3c(c2)S(c2ccccc2)(c2ccccc2)c2ccc(N(c4ccccc4)c4ccc5c(c4)oc4ccccc45)cc2-3)cc1. The van der Waals surface area contributed by atoms with Gasteiger partial charge in [-0.1, -0.05) is 115 Å². The van der Waals surface area contributed by atoms with Gasteiger partial charge in [0.05, 0.1) is 0 Å². The average molecular weight is 763 g/mol. The van der Waals surface area contributed by atoms with Crippen molar-refractivity contribution < 1.29 is 4.42 Å². The Bertz CT molecular complexity index is 2980. The lowest BCUT2D eigenvalue weighted by molar-refractivity contribution is 0.669. The third-order valence-corrected chi connectivity index (χ3v) is 15.2. The number of hydrogen-bond donors (Lipinski definition) is 0. The van der Waals surface area contributed by atoms with E-state index in [4.69, 9.17) is 4.42 Å². The summed E-state index contributed by atoms with van der Waals surface area (Å²) in [6.45, 7) is 0. The summed E-state index contributed by atoms with van der Waals surface area (Å²) in [5, 5.41) is 2.24. The van der Waals surface area contributed by atoms with Crippen molar-refractivity contribution in [3.05, 3.63) is 231 Å². The largest absolute Gasteiger partial charge is 0.456 e. The Balaban J connectivity index is 1.16. The van der Waals surface area contributed by atoms with Gasteiger partial charge in [0.15, 0.2) is 0 Å². The van der Waals surface area contributed by atoms with E-state index in [2.05, 4.69) is 228 Å². The number of benzene rings is 9. The van der Waals surface area contributed by atoms with Crippen molar-refractivity contribution >= 4 is 66.1 Å². The van der Waals surface area contributed by atoms with E-state index in [1.807, 2.05) is 12.1 Å². The lowest BCUT2D eigenvalue weighted by Crippen LogP contribution is -2.10. The summed E-state index contributed by atoms with van der Waals surface area (Å²) < 4.78 is 6.43. The smallest absolute Gasteiger partial charge is 0.137 e. The molecule has 0 fully saturated rings. The number of fused-ring (bicyclic) bond motifs is 6. The fourth-order valence-corrected chi connectivity index (χ4v) is 13.0. The van der Waals surface area contributed by atoms with E-state index in [-0.39, 0.29) is 0 Å². The van der Waals surface area contributed by atoms with Gasteiger partial charge in [-0.15, -0.1) is 10.0 Å². The molecule has 0 atom stereocenters. The van der Waals surface area contributed by atoms with Crippen LogP contribution in [0.4, 0.5) is 34.1 Å². The standard InChI is InChI=1S/C54H38N2OS/c1-6-18-39(19-7-1)55(40-20-8-2-9-21-40)44-31-34-49-50-36-42(32-35-53(50)58(54(49)38-44,45-24-12-4-13-25-45)46-26-14-5-15-27-46)56(41-22-10-3-11-23-41)43-30-33-48-47-28-16-17-29-51(47)57-52(48)37-43/h1-38H. The predicted molar refractivity (Wildman–Crippen MR) is 242 cm³/mol. The normalized spacial score (nSPS) is 13.2. The van der Waals surface area contributed by atoms with Crippen LogP contribution >= 0.6 is 10.0 Å². The van der Waals surface area contributed by atoms with Crippen LogP contribution in [0.5, 0.6) is 0 Å². The zero-order valence-electron chi connectivity index (χ0n) is 31.7. The third-order valence-electron chi connectivity index (χ3n) is 11.3. The first kappa shape index (κ1) is 34.0. The molecule has 11 rings (SSSR count). The van der Waals surface area contributed by atoms with Gasteiger partial charge < -0.3 is 14.2 Å². The maximum atomic E-state index is 6.43. The first-order chi connectivity index (χ1) is 28.8. The molecule has 3 nitrogen and oxygen atoms in total. The molecule has 58 heavy (non-hydrogen) atoms. The molecule has 2 heterocycles. The molecule has 0 bridgehead atoms. The van der Waals surface area contributed by atoms with Gasteiger partial charge in [0.2, 0.25) is 0 Å². The summed E-state index contributed by atoms with van der Waals surface area (Å²) in [7, 11) is -1.93. The molecule has 1 aliphatic rings. The van der Waals surface area contributed by atoms with Crippen LogP contribution in [0.1, 0.15) is 0 Å². The molecule has 1 aliphatic heterocycles. The summed E-state index contributed by atoms with van der Waals surface area (Å²) in [4.78, 5) is 10.0. The van der Waals surface area contributed by atoms with Gasteiger partial charge in [-0.05, 0) is 120 Å². The van der Waals surface area contributed by atoms with Gasteiger partial charge in [-0.3, -0.25) is 0 Å². The number of hydrogen-bond acceptors (Lipinski definition) is 3. The molecule has 1 aromatic heterocycles. The van der Waals surface area contributed by atoms with Gasteiger partial charge in [-0.25, -0.2) is 0 Å². The highest BCUT2D eigenvalue weighted by atomic mass is 32.3. The fraction of sp³-hybridized carbons (Fsp3) is 0. The molecule has 0 aliphatic carbocycles. The lowest BCUT2D eigenvalue weighted by Gasteiger charge is -2.40. The molecule has 0 saturated carbocycles. The molecule has 0 amide bonds. The molecule has 0 radical (unpaired) electrons. The molecule has 0 unspecified atom stereocenters. The van der Waals surface area contributed by atoms with E-state index in [0.717, 1.165) is 56.1 Å². The van der Waals surface area contributed by atoms with Gasteiger partial charge >= 0.3 is 0 Å². The van der Waals surface area contributed by atoms with Crippen molar-refractivity contribution in [3.8, 4) is 11.1 Å². The number of rotatable bonds is 8. The lowest BCUT2D eigenvalue weighted by atomic mass is 10.0. The quantitative estimate of drug-likeness (QED) is 0.154. The van der Waals surface area contributed by atoms with Crippen molar-refractivity contribution in [2.24, 2.45) is 0 Å². The molecular weight excluding hydrogens is 725 g/mol. The Morgan fingerprint density at radius 1 is 0.293 bits per heavy atom. The van der Waals surface area contributed by atoms with E-state index < -0.39 is 10.0 Å². The number of furan rings is 1.